The molecule has 1 unspecified atom stereocenters. The van der Waals surface area contributed by atoms with Gasteiger partial charge in [0.15, 0.2) is 10.8 Å². The van der Waals surface area contributed by atoms with Crippen molar-refractivity contribution in [3.05, 3.63) is 38.1 Å². The Morgan fingerprint density at radius 1 is 1.48 bits per heavy atom. The summed E-state index contributed by atoms with van der Waals surface area (Å²) >= 11 is 6.88. The first-order valence-corrected chi connectivity index (χ1v) is 9.24. The van der Waals surface area contributed by atoms with Gasteiger partial charge in [0.1, 0.15) is 0 Å². The van der Waals surface area contributed by atoms with Gasteiger partial charge >= 0.3 is 0 Å². The highest BCUT2D eigenvalue weighted by atomic mass is 79.9. The smallest absolute Gasteiger partial charge is 0.195 e. The van der Waals surface area contributed by atoms with Crippen LogP contribution < -0.4 is 10.6 Å². The van der Waals surface area contributed by atoms with E-state index in [1.807, 2.05) is 6.92 Å². The molecule has 0 aliphatic rings. The standard InChI is InChI=1S/C14H17BrN4S2/c1-9(16)5-11-13(17-14-19(11)3-4-20-14)18(2)7-10-6-12(15)21-8-10/h3-4,6,8-9H,5,7,16H2,1-2H3. The molecular weight excluding hydrogens is 368 g/mol. The lowest BCUT2D eigenvalue weighted by atomic mass is 10.2. The minimum Gasteiger partial charge on any atom is -0.354 e. The van der Waals surface area contributed by atoms with E-state index >= 15 is 0 Å². The fraction of sp³-hybridized carbons (Fsp3) is 0.357. The SMILES string of the molecule is CC(N)Cc1c(N(C)Cc2csc(Br)c2)nc2sccn12. The molecule has 3 rings (SSSR count). The van der Waals surface area contributed by atoms with Crippen LogP contribution in [0.25, 0.3) is 4.96 Å². The number of nitrogens with two attached hydrogens (primary N) is 1. The van der Waals surface area contributed by atoms with Crippen LogP contribution in [0.5, 0.6) is 0 Å². The maximum atomic E-state index is 6.01. The summed E-state index contributed by atoms with van der Waals surface area (Å²) < 4.78 is 3.32. The van der Waals surface area contributed by atoms with Gasteiger partial charge in [0.2, 0.25) is 0 Å². The number of hydrogen-bond donors (Lipinski definition) is 1. The van der Waals surface area contributed by atoms with Crippen molar-refractivity contribution in [3.63, 3.8) is 0 Å². The third kappa shape index (κ3) is 3.15. The van der Waals surface area contributed by atoms with Gasteiger partial charge in [-0.1, -0.05) is 0 Å². The summed E-state index contributed by atoms with van der Waals surface area (Å²) in [4.78, 5) is 8.00. The fourth-order valence-corrected chi connectivity index (χ4v) is 4.33. The molecule has 3 heterocycles. The number of rotatable bonds is 5. The topological polar surface area (TPSA) is 46.6 Å². The monoisotopic (exact) mass is 384 g/mol. The Hall–Kier alpha value is -0.890. The van der Waals surface area contributed by atoms with Crippen molar-refractivity contribution in [2.45, 2.75) is 25.9 Å². The lowest BCUT2D eigenvalue weighted by Crippen LogP contribution is -2.23. The normalized spacial score (nSPS) is 13.0. The average molecular weight is 385 g/mol. The van der Waals surface area contributed by atoms with E-state index in [0.717, 1.165) is 27.5 Å². The zero-order valence-corrected chi connectivity index (χ0v) is 15.1. The van der Waals surface area contributed by atoms with Gasteiger partial charge in [0.25, 0.3) is 0 Å². The van der Waals surface area contributed by atoms with E-state index in [1.54, 1.807) is 22.7 Å². The minimum absolute atomic E-state index is 0.118. The van der Waals surface area contributed by atoms with Gasteiger partial charge in [-0.15, -0.1) is 22.7 Å². The number of fused-ring (bicyclic) bond motifs is 1. The number of imidazole rings is 1. The number of hydrogen-bond acceptors (Lipinski definition) is 5. The van der Waals surface area contributed by atoms with Gasteiger partial charge in [-0.2, -0.15) is 0 Å². The van der Waals surface area contributed by atoms with Crippen LogP contribution in [-0.2, 0) is 13.0 Å². The summed E-state index contributed by atoms with van der Waals surface area (Å²) in [5, 5.41) is 4.23. The van der Waals surface area contributed by atoms with E-state index in [9.17, 15) is 0 Å². The van der Waals surface area contributed by atoms with Crippen LogP contribution in [0.4, 0.5) is 5.82 Å². The van der Waals surface area contributed by atoms with Crippen molar-refractivity contribution in [3.8, 4) is 0 Å². The van der Waals surface area contributed by atoms with Gasteiger partial charge in [0.05, 0.1) is 9.48 Å². The summed E-state index contributed by atoms with van der Waals surface area (Å²) in [6.45, 7) is 2.88. The highest BCUT2D eigenvalue weighted by molar-refractivity contribution is 9.11. The van der Waals surface area contributed by atoms with E-state index in [4.69, 9.17) is 10.7 Å². The Balaban J connectivity index is 1.92. The second kappa shape index (κ2) is 6.08. The molecule has 0 aromatic carbocycles. The highest BCUT2D eigenvalue weighted by Crippen LogP contribution is 2.27. The molecule has 21 heavy (non-hydrogen) atoms. The number of halogens is 1. The van der Waals surface area contributed by atoms with Crippen LogP contribution in [0.1, 0.15) is 18.2 Å². The maximum Gasteiger partial charge on any atom is 0.195 e. The van der Waals surface area contributed by atoms with Gasteiger partial charge in [-0.3, -0.25) is 4.40 Å². The molecule has 2 N–H and O–H groups in total. The molecule has 0 radical (unpaired) electrons. The molecule has 0 spiro atoms. The van der Waals surface area contributed by atoms with Gasteiger partial charge in [-0.05, 0) is 39.9 Å². The van der Waals surface area contributed by atoms with Crippen molar-refractivity contribution in [1.29, 1.82) is 0 Å². The Morgan fingerprint density at radius 3 is 2.95 bits per heavy atom. The number of anilines is 1. The summed E-state index contributed by atoms with van der Waals surface area (Å²) in [5.41, 5.74) is 8.49. The Labute approximate surface area is 140 Å². The average Bonchev–Trinajstić information content (AvgIpc) is 3.07. The Kier molecular flexibility index (Phi) is 4.35. The third-order valence-electron chi connectivity index (χ3n) is 3.26. The van der Waals surface area contributed by atoms with Crippen molar-refractivity contribution in [1.82, 2.24) is 9.38 Å². The Morgan fingerprint density at radius 2 is 2.29 bits per heavy atom. The molecule has 0 fully saturated rings. The lowest BCUT2D eigenvalue weighted by molar-refractivity contribution is 0.713. The second-order valence-corrected chi connectivity index (χ2v) is 8.40. The predicted molar refractivity (Wildman–Crippen MR) is 94.5 cm³/mol. The molecule has 112 valence electrons. The molecule has 7 heteroatoms. The Bertz CT molecular complexity index is 743. The summed E-state index contributed by atoms with van der Waals surface area (Å²) in [5.74, 6) is 1.03. The second-order valence-electron chi connectivity index (χ2n) is 5.23. The van der Waals surface area contributed by atoms with E-state index in [0.29, 0.717) is 0 Å². The van der Waals surface area contributed by atoms with Gasteiger partial charge in [-0.25, -0.2) is 4.98 Å². The molecule has 0 aliphatic heterocycles. The van der Waals surface area contributed by atoms with Crippen LogP contribution >= 0.6 is 38.6 Å². The van der Waals surface area contributed by atoms with Crippen LogP contribution in [0.2, 0.25) is 0 Å². The summed E-state index contributed by atoms with van der Waals surface area (Å²) in [6, 6.07) is 2.28. The molecule has 3 aromatic heterocycles. The van der Waals surface area contributed by atoms with Crippen LogP contribution in [0.15, 0.2) is 26.8 Å². The van der Waals surface area contributed by atoms with E-state index in [2.05, 4.69) is 55.3 Å². The molecule has 4 nitrogen and oxygen atoms in total. The maximum absolute atomic E-state index is 6.01. The fourth-order valence-electron chi connectivity index (χ4n) is 2.40. The molecular formula is C14H17BrN4S2. The van der Waals surface area contributed by atoms with Gasteiger partial charge in [0, 0.05) is 37.6 Å². The van der Waals surface area contributed by atoms with Crippen molar-refractivity contribution < 1.29 is 0 Å². The first kappa shape index (κ1) is 15.0. The van der Waals surface area contributed by atoms with E-state index in [1.165, 1.54) is 11.3 Å². The summed E-state index contributed by atoms with van der Waals surface area (Å²) in [6.07, 6.45) is 2.90. The van der Waals surface area contributed by atoms with Crippen LogP contribution in [0.3, 0.4) is 0 Å². The first-order chi connectivity index (χ1) is 10.0. The zero-order chi connectivity index (χ0) is 15.0. The number of thiophene rings is 1. The highest BCUT2D eigenvalue weighted by Gasteiger charge is 2.18. The lowest BCUT2D eigenvalue weighted by Gasteiger charge is -2.18. The molecule has 1 atom stereocenters. The molecule has 0 amide bonds. The van der Waals surface area contributed by atoms with E-state index < -0.39 is 0 Å². The van der Waals surface area contributed by atoms with Crippen molar-refractivity contribution in [2.75, 3.05) is 11.9 Å². The summed E-state index contributed by atoms with van der Waals surface area (Å²) in [7, 11) is 2.09. The quantitative estimate of drug-likeness (QED) is 0.728. The molecule has 0 bridgehead atoms. The van der Waals surface area contributed by atoms with Gasteiger partial charge < -0.3 is 10.6 Å². The van der Waals surface area contributed by atoms with Crippen LogP contribution in [-0.4, -0.2) is 22.5 Å². The third-order valence-corrected chi connectivity index (χ3v) is 5.57. The predicted octanol–water partition coefficient (Wildman–Crippen LogP) is 3.75. The molecule has 0 aliphatic carbocycles. The number of nitrogens with zero attached hydrogens (tertiary/aromatic N) is 3. The largest absolute Gasteiger partial charge is 0.354 e. The van der Waals surface area contributed by atoms with Crippen molar-refractivity contribution >= 4 is 49.4 Å². The van der Waals surface area contributed by atoms with E-state index in [-0.39, 0.29) is 6.04 Å². The minimum atomic E-state index is 0.118. The molecule has 3 aromatic rings. The zero-order valence-electron chi connectivity index (χ0n) is 11.9. The number of thiazole rings is 1. The van der Waals surface area contributed by atoms with Crippen molar-refractivity contribution in [2.24, 2.45) is 5.73 Å². The molecule has 0 saturated heterocycles. The first-order valence-electron chi connectivity index (χ1n) is 6.68. The molecule has 0 saturated carbocycles. The number of aromatic nitrogens is 2. The van der Waals surface area contributed by atoms with Crippen LogP contribution in [0, 0.1) is 0 Å².